The van der Waals surface area contributed by atoms with Crippen LogP contribution < -0.4 is 5.32 Å². The summed E-state index contributed by atoms with van der Waals surface area (Å²) >= 11 is 0. The van der Waals surface area contributed by atoms with E-state index in [9.17, 15) is 14.7 Å². The minimum atomic E-state index is -0.870. The summed E-state index contributed by atoms with van der Waals surface area (Å²) in [6.07, 6.45) is 13.8. The zero-order chi connectivity index (χ0) is 31.9. The Morgan fingerprint density at radius 2 is 1.61 bits per heavy atom. The molecule has 0 spiro atoms. The lowest BCUT2D eigenvalue weighted by Gasteiger charge is -2.72. The molecule has 4 nitrogen and oxygen atoms in total. The molecule has 0 bridgehead atoms. The average Bonchev–Trinajstić information content (AvgIpc) is 3.37. The van der Waals surface area contributed by atoms with E-state index in [1.807, 2.05) is 12.1 Å². The Hall–Kier alpha value is -2.36. The number of nitrogens with one attached hydrogen (secondary N) is 1. The van der Waals surface area contributed by atoms with Crippen LogP contribution in [-0.4, -0.2) is 23.5 Å². The lowest BCUT2D eigenvalue weighted by atomic mass is 9.32. The molecule has 1 aromatic rings. The van der Waals surface area contributed by atoms with Gasteiger partial charge < -0.3 is 10.4 Å². The first-order valence-corrected chi connectivity index (χ1v) is 17.7. The van der Waals surface area contributed by atoms with Gasteiger partial charge in [-0.05, 0) is 146 Å². The van der Waals surface area contributed by atoms with Crippen LogP contribution in [0.25, 0.3) is 5.57 Å². The van der Waals surface area contributed by atoms with E-state index in [1.165, 1.54) is 42.4 Å². The van der Waals surface area contributed by atoms with Gasteiger partial charge in [-0.25, -0.2) is 4.79 Å². The number of carboxylic acid groups (broad SMARTS) is 1. The number of carbonyl (C=O) groups excluding carboxylic acids is 1. The van der Waals surface area contributed by atoms with Crippen molar-refractivity contribution >= 4 is 17.4 Å². The fourth-order valence-corrected chi connectivity index (χ4v) is 12.8. The first-order chi connectivity index (χ1) is 20.7. The number of carbonyl (C=O) groups is 2. The Morgan fingerprint density at radius 3 is 2.25 bits per heavy atom. The quantitative estimate of drug-likeness (QED) is 0.320. The first kappa shape index (κ1) is 31.6. The summed E-state index contributed by atoms with van der Waals surface area (Å²) in [6.45, 7) is 22.5. The Balaban J connectivity index is 1.35. The second kappa shape index (κ2) is 10.6. The number of fused-ring (bicyclic) bond motifs is 7. The SMILES string of the molecule is C=C(C)[C@@H]1CC[C@]2(C(=O)NCCC)CC[C@]3(C)[C@H](CC[C@@H]4[C@@]5(C)CC=C(c6ccc(C(=O)O)cc6)C(C)(C)[C@@H]5CC[C@]43C)[C@@H]12. The number of carboxylic acids is 1. The summed E-state index contributed by atoms with van der Waals surface area (Å²) in [5, 5.41) is 12.8. The third-order valence-corrected chi connectivity index (χ3v) is 15.1. The molecule has 0 unspecified atom stereocenters. The number of rotatable bonds is 6. The van der Waals surface area contributed by atoms with Crippen molar-refractivity contribution in [3.63, 3.8) is 0 Å². The van der Waals surface area contributed by atoms with Gasteiger partial charge in [-0.1, -0.05) is 71.9 Å². The molecule has 0 radical (unpaired) electrons. The summed E-state index contributed by atoms with van der Waals surface area (Å²) in [4.78, 5) is 25.5. The number of amides is 1. The molecule has 0 aliphatic heterocycles. The van der Waals surface area contributed by atoms with Crippen molar-refractivity contribution < 1.29 is 14.7 Å². The van der Waals surface area contributed by atoms with Gasteiger partial charge in [-0.2, -0.15) is 0 Å². The molecule has 1 aromatic carbocycles. The molecule has 44 heavy (non-hydrogen) atoms. The smallest absolute Gasteiger partial charge is 0.335 e. The molecular formula is C40H57NO3. The van der Waals surface area contributed by atoms with Gasteiger partial charge in [0.05, 0.1) is 11.0 Å². The van der Waals surface area contributed by atoms with E-state index in [-0.39, 0.29) is 27.1 Å². The average molecular weight is 600 g/mol. The highest BCUT2D eigenvalue weighted by Gasteiger charge is 2.71. The zero-order valence-electron chi connectivity index (χ0n) is 28.5. The van der Waals surface area contributed by atoms with Crippen LogP contribution in [0, 0.1) is 56.7 Å². The van der Waals surface area contributed by atoms with E-state index < -0.39 is 5.97 Å². The van der Waals surface area contributed by atoms with Crippen LogP contribution in [0.1, 0.15) is 129 Å². The maximum absolute atomic E-state index is 14.0. The highest BCUT2D eigenvalue weighted by molar-refractivity contribution is 5.88. The van der Waals surface area contributed by atoms with Crippen molar-refractivity contribution in [3.8, 4) is 0 Å². The lowest BCUT2D eigenvalue weighted by Crippen LogP contribution is -2.66. The molecule has 4 fully saturated rings. The van der Waals surface area contributed by atoms with Gasteiger partial charge in [0, 0.05) is 6.54 Å². The Labute approximate surface area is 266 Å². The molecule has 5 aliphatic rings. The van der Waals surface area contributed by atoms with Crippen LogP contribution in [0.2, 0.25) is 0 Å². The summed E-state index contributed by atoms with van der Waals surface area (Å²) < 4.78 is 0. The van der Waals surface area contributed by atoms with Gasteiger partial charge in [0.2, 0.25) is 5.91 Å². The highest BCUT2D eigenvalue weighted by Crippen LogP contribution is 2.77. The van der Waals surface area contributed by atoms with Crippen LogP contribution in [0.3, 0.4) is 0 Å². The minimum absolute atomic E-state index is 0.00636. The molecule has 0 heterocycles. The number of allylic oxidation sites excluding steroid dienone is 3. The van der Waals surface area contributed by atoms with Crippen LogP contribution in [-0.2, 0) is 4.79 Å². The van der Waals surface area contributed by atoms with Gasteiger partial charge >= 0.3 is 5.97 Å². The predicted molar refractivity (Wildman–Crippen MR) is 179 cm³/mol. The molecule has 240 valence electrons. The maximum atomic E-state index is 14.0. The molecule has 4 saturated carbocycles. The monoisotopic (exact) mass is 599 g/mol. The molecule has 9 atom stereocenters. The molecule has 0 aromatic heterocycles. The molecule has 5 aliphatic carbocycles. The Kier molecular flexibility index (Phi) is 7.61. The zero-order valence-corrected chi connectivity index (χ0v) is 28.5. The minimum Gasteiger partial charge on any atom is -0.478 e. The second-order valence-corrected chi connectivity index (χ2v) is 17.0. The van der Waals surface area contributed by atoms with Crippen LogP contribution in [0.4, 0.5) is 0 Å². The molecule has 0 saturated heterocycles. The first-order valence-electron chi connectivity index (χ1n) is 17.7. The number of benzene rings is 1. The van der Waals surface area contributed by atoms with Crippen LogP contribution in [0.15, 0.2) is 42.5 Å². The normalized spacial score (nSPS) is 42.2. The van der Waals surface area contributed by atoms with Crippen molar-refractivity contribution in [1.82, 2.24) is 5.32 Å². The van der Waals surface area contributed by atoms with Gasteiger partial charge in [0.25, 0.3) is 0 Å². The van der Waals surface area contributed by atoms with Gasteiger partial charge in [0.1, 0.15) is 0 Å². The topological polar surface area (TPSA) is 66.4 Å². The standard InChI is InChI=1S/C40H57NO3/c1-9-24-41-35(44)40-21-16-28(25(2)3)33(40)30-14-15-32-37(6)19-17-29(26-10-12-27(13-11-26)34(42)43)36(4,5)31(37)18-20-39(32,8)38(30,7)22-23-40/h10-13,17,28,30-33H,2,9,14-16,18-24H2,1,3-8H3,(H,41,44)(H,42,43)/t28-,30+,31-,32+,33+,37-,38+,39+,40-/m0/s1. The number of aromatic carboxylic acids is 1. The molecule has 6 rings (SSSR count). The molecular weight excluding hydrogens is 542 g/mol. The van der Waals surface area contributed by atoms with Gasteiger partial charge in [0.15, 0.2) is 0 Å². The summed E-state index contributed by atoms with van der Waals surface area (Å²) in [5.41, 5.74) is 4.63. The van der Waals surface area contributed by atoms with Crippen molar-refractivity contribution in [2.75, 3.05) is 6.54 Å². The van der Waals surface area contributed by atoms with E-state index >= 15 is 0 Å². The summed E-state index contributed by atoms with van der Waals surface area (Å²) in [5.74, 6) is 2.10. The van der Waals surface area contributed by atoms with Crippen molar-refractivity contribution in [3.05, 3.63) is 53.6 Å². The van der Waals surface area contributed by atoms with Gasteiger partial charge in [-0.15, -0.1) is 0 Å². The fourth-order valence-electron chi connectivity index (χ4n) is 12.8. The summed E-state index contributed by atoms with van der Waals surface area (Å²) in [7, 11) is 0. The molecule has 2 N–H and O–H groups in total. The predicted octanol–water partition coefficient (Wildman–Crippen LogP) is 9.56. The third kappa shape index (κ3) is 4.20. The maximum Gasteiger partial charge on any atom is 0.335 e. The number of hydrogen-bond donors (Lipinski definition) is 2. The molecule has 4 heteroatoms. The van der Waals surface area contributed by atoms with Crippen molar-refractivity contribution in [2.45, 2.75) is 113 Å². The van der Waals surface area contributed by atoms with Crippen LogP contribution in [0.5, 0.6) is 0 Å². The highest BCUT2D eigenvalue weighted by atomic mass is 16.4. The fraction of sp³-hybridized carbons (Fsp3) is 0.700. The van der Waals surface area contributed by atoms with Crippen molar-refractivity contribution in [2.24, 2.45) is 56.7 Å². The summed E-state index contributed by atoms with van der Waals surface area (Å²) in [6, 6.07) is 7.55. The van der Waals surface area contributed by atoms with Gasteiger partial charge in [-0.3, -0.25) is 4.79 Å². The Bertz CT molecular complexity index is 1370. The Morgan fingerprint density at radius 1 is 0.909 bits per heavy atom. The molecule has 1 amide bonds. The van der Waals surface area contributed by atoms with E-state index in [2.05, 4.69) is 66.4 Å². The second-order valence-electron chi connectivity index (χ2n) is 17.0. The van der Waals surface area contributed by atoms with Crippen LogP contribution >= 0.6 is 0 Å². The number of hydrogen-bond acceptors (Lipinski definition) is 2. The van der Waals surface area contributed by atoms with E-state index in [1.54, 1.807) is 12.1 Å². The van der Waals surface area contributed by atoms with E-state index in [0.717, 1.165) is 45.1 Å². The van der Waals surface area contributed by atoms with E-state index in [4.69, 9.17) is 0 Å². The largest absolute Gasteiger partial charge is 0.478 e. The lowest BCUT2D eigenvalue weighted by molar-refractivity contribution is -0.225. The third-order valence-electron chi connectivity index (χ3n) is 15.1. The van der Waals surface area contributed by atoms with Crippen molar-refractivity contribution in [1.29, 1.82) is 0 Å². The van der Waals surface area contributed by atoms with E-state index in [0.29, 0.717) is 41.1 Å².